The molecule has 4 nitrogen and oxygen atoms in total. The fraction of sp³-hybridized carbons (Fsp3) is 0.429. The number of carbonyl (C=O) groups is 4. The molecule has 0 amide bonds. The summed E-state index contributed by atoms with van der Waals surface area (Å²) >= 11 is 0. The van der Waals surface area contributed by atoms with E-state index in [1.165, 1.54) is 6.92 Å². The Balaban J connectivity index is 3.97. The van der Waals surface area contributed by atoms with E-state index in [1.807, 2.05) is 0 Å². The average molecular weight is 156 g/mol. The summed E-state index contributed by atoms with van der Waals surface area (Å²) in [5.41, 5.74) is 0. The van der Waals surface area contributed by atoms with Gasteiger partial charge in [-0.2, -0.15) is 0 Å². The van der Waals surface area contributed by atoms with Gasteiger partial charge in [0.05, 0.1) is 6.42 Å². The summed E-state index contributed by atoms with van der Waals surface area (Å²) in [4.78, 5) is 41.2. The van der Waals surface area contributed by atoms with Crippen LogP contribution in [-0.2, 0) is 19.2 Å². The molecule has 0 heterocycles. The Morgan fingerprint density at radius 3 is 2.09 bits per heavy atom. The Hall–Kier alpha value is -1.32. The van der Waals surface area contributed by atoms with Gasteiger partial charge in [-0.3, -0.25) is 19.2 Å². The molecule has 0 atom stereocenters. The van der Waals surface area contributed by atoms with Crippen molar-refractivity contribution < 1.29 is 19.2 Å². The molecule has 0 saturated carbocycles. The van der Waals surface area contributed by atoms with Crippen LogP contribution in [0, 0.1) is 0 Å². The summed E-state index contributed by atoms with van der Waals surface area (Å²) in [6.45, 7) is 1.52. The molecule has 0 spiro atoms. The Morgan fingerprint density at radius 1 is 1.18 bits per heavy atom. The zero-order valence-corrected chi connectivity index (χ0v) is 6.12. The molecule has 0 radical (unpaired) electrons. The Morgan fingerprint density at radius 2 is 1.73 bits per heavy atom. The van der Waals surface area contributed by atoms with Gasteiger partial charge in [0.25, 0.3) is 0 Å². The molecule has 0 aromatic rings. The van der Waals surface area contributed by atoms with Gasteiger partial charge in [0.2, 0.25) is 11.6 Å². The predicted octanol–water partition coefficient (Wildman–Crippen LogP) is -0.307. The van der Waals surface area contributed by atoms with Crippen LogP contribution in [0.25, 0.3) is 0 Å². The minimum Gasteiger partial charge on any atom is -0.295 e. The van der Waals surface area contributed by atoms with Gasteiger partial charge in [0.1, 0.15) is 0 Å². The largest absolute Gasteiger partial charge is 0.295 e. The van der Waals surface area contributed by atoms with Crippen molar-refractivity contribution in [1.82, 2.24) is 0 Å². The summed E-state index contributed by atoms with van der Waals surface area (Å²) in [5, 5.41) is 0. The van der Waals surface area contributed by atoms with E-state index in [4.69, 9.17) is 0 Å². The first kappa shape index (κ1) is 9.68. The van der Waals surface area contributed by atoms with E-state index in [0.717, 1.165) is 0 Å². The van der Waals surface area contributed by atoms with Gasteiger partial charge in [0.15, 0.2) is 12.1 Å². The van der Waals surface area contributed by atoms with E-state index in [2.05, 4.69) is 0 Å². The lowest BCUT2D eigenvalue weighted by molar-refractivity contribution is -0.140. The van der Waals surface area contributed by atoms with E-state index >= 15 is 0 Å². The molecule has 0 aliphatic rings. The monoisotopic (exact) mass is 156 g/mol. The van der Waals surface area contributed by atoms with Gasteiger partial charge in [-0.25, -0.2) is 0 Å². The van der Waals surface area contributed by atoms with Crippen LogP contribution in [0.15, 0.2) is 0 Å². The van der Waals surface area contributed by atoms with Gasteiger partial charge in [0, 0.05) is 6.42 Å². The molecule has 60 valence electrons. The number of carbonyl (C=O) groups excluding carboxylic acids is 4. The molecule has 0 bridgehead atoms. The van der Waals surface area contributed by atoms with Crippen LogP contribution in [0.4, 0.5) is 0 Å². The molecule has 0 unspecified atom stereocenters. The van der Waals surface area contributed by atoms with E-state index < -0.39 is 23.8 Å². The standard InChI is InChI=1S/C7H8O4/c1-2-6(10)7(11)3-5(9)4-8/h4H,2-3H2,1H3. The van der Waals surface area contributed by atoms with E-state index in [1.54, 1.807) is 0 Å². The Kier molecular flexibility index (Phi) is 3.95. The quantitative estimate of drug-likeness (QED) is 0.311. The van der Waals surface area contributed by atoms with E-state index in [-0.39, 0.29) is 12.7 Å². The first-order chi connectivity index (χ1) is 5.11. The first-order valence-electron chi connectivity index (χ1n) is 3.15. The number of ketones is 3. The minimum atomic E-state index is -0.850. The highest BCUT2D eigenvalue weighted by atomic mass is 16.2. The lowest BCUT2D eigenvalue weighted by Crippen LogP contribution is -2.17. The molecule has 0 aromatic heterocycles. The van der Waals surface area contributed by atoms with Crippen LogP contribution in [0.3, 0.4) is 0 Å². The zero-order valence-electron chi connectivity index (χ0n) is 6.12. The zero-order chi connectivity index (χ0) is 8.85. The van der Waals surface area contributed by atoms with Crippen LogP contribution in [0.1, 0.15) is 19.8 Å². The fourth-order valence-electron chi connectivity index (χ4n) is 0.496. The number of aldehydes is 1. The number of hydrogen-bond acceptors (Lipinski definition) is 4. The number of Topliss-reactive ketones (excluding diaryl/α,β-unsaturated/α-hetero) is 3. The summed E-state index contributed by atoms with van der Waals surface area (Å²) in [6, 6.07) is 0. The van der Waals surface area contributed by atoms with E-state index in [9.17, 15) is 19.2 Å². The maximum atomic E-state index is 10.6. The second kappa shape index (κ2) is 4.49. The number of hydrogen-bond donors (Lipinski definition) is 0. The highest BCUT2D eigenvalue weighted by Crippen LogP contribution is 1.89. The Bertz CT molecular complexity index is 204. The van der Waals surface area contributed by atoms with Crippen molar-refractivity contribution in [3.05, 3.63) is 0 Å². The topological polar surface area (TPSA) is 68.3 Å². The van der Waals surface area contributed by atoms with Crippen molar-refractivity contribution >= 4 is 23.6 Å². The summed E-state index contributed by atoms with van der Waals surface area (Å²) in [7, 11) is 0. The van der Waals surface area contributed by atoms with Crippen molar-refractivity contribution in [2.45, 2.75) is 19.8 Å². The van der Waals surface area contributed by atoms with Crippen molar-refractivity contribution in [1.29, 1.82) is 0 Å². The molecular formula is C7H8O4. The number of rotatable bonds is 5. The molecule has 0 rings (SSSR count). The van der Waals surface area contributed by atoms with Gasteiger partial charge in [-0.1, -0.05) is 6.92 Å². The lowest BCUT2D eigenvalue weighted by Gasteiger charge is -1.90. The molecule has 0 N–H and O–H groups in total. The van der Waals surface area contributed by atoms with Crippen LogP contribution >= 0.6 is 0 Å². The third-order valence-electron chi connectivity index (χ3n) is 1.10. The van der Waals surface area contributed by atoms with Crippen molar-refractivity contribution in [2.24, 2.45) is 0 Å². The minimum absolute atomic E-state index is 0.0425. The van der Waals surface area contributed by atoms with E-state index in [0.29, 0.717) is 0 Å². The fourth-order valence-corrected chi connectivity index (χ4v) is 0.496. The lowest BCUT2D eigenvalue weighted by atomic mass is 10.1. The third-order valence-corrected chi connectivity index (χ3v) is 1.10. The van der Waals surface area contributed by atoms with Gasteiger partial charge < -0.3 is 0 Å². The SMILES string of the molecule is CCC(=O)C(=O)CC(=O)C=O. The normalized spacial score (nSPS) is 8.82. The van der Waals surface area contributed by atoms with Crippen LogP contribution in [0.5, 0.6) is 0 Å². The molecule has 4 heteroatoms. The smallest absolute Gasteiger partial charge is 0.206 e. The highest BCUT2D eigenvalue weighted by Gasteiger charge is 2.14. The van der Waals surface area contributed by atoms with Crippen molar-refractivity contribution in [2.75, 3.05) is 0 Å². The molecule has 0 aromatic carbocycles. The van der Waals surface area contributed by atoms with Crippen LogP contribution in [-0.4, -0.2) is 23.6 Å². The molecule has 0 aliphatic heterocycles. The van der Waals surface area contributed by atoms with Crippen molar-refractivity contribution in [3.8, 4) is 0 Å². The molecule has 0 saturated heterocycles. The molecule has 11 heavy (non-hydrogen) atoms. The molecule has 0 fully saturated rings. The summed E-state index contributed by atoms with van der Waals surface area (Å²) < 4.78 is 0. The van der Waals surface area contributed by atoms with Crippen molar-refractivity contribution in [3.63, 3.8) is 0 Å². The van der Waals surface area contributed by atoms with Crippen LogP contribution < -0.4 is 0 Å². The second-order valence-electron chi connectivity index (χ2n) is 1.96. The second-order valence-corrected chi connectivity index (χ2v) is 1.96. The Labute approximate surface area is 63.6 Å². The maximum Gasteiger partial charge on any atom is 0.206 e. The first-order valence-corrected chi connectivity index (χ1v) is 3.15. The molecular weight excluding hydrogens is 148 g/mol. The third kappa shape index (κ3) is 3.40. The van der Waals surface area contributed by atoms with Gasteiger partial charge in [-0.05, 0) is 0 Å². The average Bonchev–Trinajstić information content (AvgIpc) is 2.02. The van der Waals surface area contributed by atoms with Gasteiger partial charge in [-0.15, -0.1) is 0 Å². The highest BCUT2D eigenvalue weighted by molar-refractivity contribution is 6.44. The summed E-state index contributed by atoms with van der Waals surface area (Å²) in [5.74, 6) is -2.25. The summed E-state index contributed by atoms with van der Waals surface area (Å²) in [6.07, 6.45) is -0.470. The van der Waals surface area contributed by atoms with Crippen LogP contribution in [0.2, 0.25) is 0 Å². The maximum absolute atomic E-state index is 10.6. The van der Waals surface area contributed by atoms with Gasteiger partial charge >= 0.3 is 0 Å². The molecule has 0 aliphatic carbocycles. The predicted molar refractivity (Wildman–Crippen MR) is 36.0 cm³/mol.